The number of carbonyl (C=O) groups excluding carboxylic acids is 2. The molecule has 2 rings (SSSR count). The van der Waals surface area contributed by atoms with Crippen molar-refractivity contribution in [1.82, 2.24) is 5.32 Å². The van der Waals surface area contributed by atoms with Gasteiger partial charge in [0.25, 0.3) is 0 Å². The molecular formula is C15H21NO2. The third-order valence-electron chi connectivity index (χ3n) is 3.91. The Morgan fingerprint density at radius 1 is 1.28 bits per heavy atom. The Morgan fingerprint density at radius 2 is 2.00 bits per heavy atom. The molecule has 0 bridgehead atoms. The standard InChI is InChI=1S/C15H21NO2/c1-3-11-12-8-6-4-5-7-9-13(12)14(15(11)18)16-10(2)17/h3,12H,4-9H2,1-2H3,(H,16,17)/b11-3+. The molecule has 0 radical (unpaired) electrons. The number of rotatable bonds is 1. The number of amides is 1. The van der Waals surface area contributed by atoms with Crippen molar-refractivity contribution in [3.05, 3.63) is 22.9 Å². The molecule has 0 aromatic heterocycles. The first-order valence-electron chi connectivity index (χ1n) is 6.86. The second kappa shape index (κ2) is 5.51. The molecule has 3 nitrogen and oxygen atoms in total. The van der Waals surface area contributed by atoms with Crippen LogP contribution in [0, 0.1) is 5.92 Å². The summed E-state index contributed by atoms with van der Waals surface area (Å²) in [5, 5.41) is 2.75. The number of nitrogens with one attached hydrogen (secondary N) is 1. The molecule has 0 aliphatic heterocycles. The molecule has 18 heavy (non-hydrogen) atoms. The van der Waals surface area contributed by atoms with Crippen molar-refractivity contribution in [1.29, 1.82) is 0 Å². The smallest absolute Gasteiger partial charge is 0.221 e. The van der Waals surface area contributed by atoms with E-state index in [9.17, 15) is 9.59 Å². The number of hydrogen-bond acceptors (Lipinski definition) is 2. The highest BCUT2D eigenvalue weighted by atomic mass is 16.2. The van der Waals surface area contributed by atoms with Crippen LogP contribution in [-0.2, 0) is 9.59 Å². The average molecular weight is 247 g/mol. The van der Waals surface area contributed by atoms with Crippen LogP contribution < -0.4 is 5.32 Å². The van der Waals surface area contributed by atoms with Crippen molar-refractivity contribution < 1.29 is 9.59 Å². The second-order valence-electron chi connectivity index (χ2n) is 5.16. The number of Topliss-reactive ketones (excluding diaryl/α,β-unsaturated/α-hetero) is 1. The molecule has 1 N–H and O–H groups in total. The van der Waals surface area contributed by atoms with E-state index >= 15 is 0 Å². The number of ketones is 1. The summed E-state index contributed by atoms with van der Waals surface area (Å²) in [6.07, 6.45) is 8.69. The van der Waals surface area contributed by atoms with Crippen LogP contribution >= 0.6 is 0 Å². The van der Waals surface area contributed by atoms with Gasteiger partial charge in [-0.3, -0.25) is 9.59 Å². The van der Waals surface area contributed by atoms with Crippen LogP contribution in [0.15, 0.2) is 22.9 Å². The van der Waals surface area contributed by atoms with Gasteiger partial charge in [-0.05, 0) is 31.8 Å². The molecule has 0 heterocycles. The summed E-state index contributed by atoms with van der Waals surface area (Å²) in [7, 11) is 0. The maximum Gasteiger partial charge on any atom is 0.221 e. The quantitative estimate of drug-likeness (QED) is 0.724. The molecule has 0 spiro atoms. The lowest BCUT2D eigenvalue weighted by Gasteiger charge is -2.19. The molecule has 0 aromatic rings. The van der Waals surface area contributed by atoms with Gasteiger partial charge in [0, 0.05) is 18.4 Å². The topological polar surface area (TPSA) is 46.2 Å². The second-order valence-corrected chi connectivity index (χ2v) is 5.16. The van der Waals surface area contributed by atoms with E-state index in [0.717, 1.165) is 24.8 Å². The van der Waals surface area contributed by atoms with Gasteiger partial charge in [-0.15, -0.1) is 0 Å². The van der Waals surface area contributed by atoms with Crippen molar-refractivity contribution in [2.24, 2.45) is 5.92 Å². The lowest BCUT2D eigenvalue weighted by Crippen LogP contribution is -2.24. The SMILES string of the molecule is C/C=C1/C(=O)C(NC(C)=O)=C2CCCCCCC21. The van der Waals surface area contributed by atoms with Gasteiger partial charge < -0.3 is 5.32 Å². The van der Waals surface area contributed by atoms with E-state index in [1.165, 1.54) is 31.8 Å². The van der Waals surface area contributed by atoms with Gasteiger partial charge in [0.15, 0.2) is 0 Å². The first kappa shape index (κ1) is 13.1. The minimum absolute atomic E-state index is 0.0367. The molecule has 1 amide bonds. The van der Waals surface area contributed by atoms with Crippen LogP contribution in [0.5, 0.6) is 0 Å². The van der Waals surface area contributed by atoms with E-state index in [4.69, 9.17) is 0 Å². The Labute approximate surface area is 108 Å². The number of carbonyl (C=O) groups is 2. The Morgan fingerprint density at radius 3 is 2.67 bits per heavy atom. The van der Waals surface area contributed by atoms with Crippen LogP contribution in [0.4, 0.5) is 0 Å². The van der Waals surface area contributed by atoms with E-state index in [2.05, 4.69) is 5.32 Å². The Balaban J connectivity index is 2.36. The van der Waals surface area contributed by atoms with E-state index in [1.807, 2.05) is 13.0 Å². The highest BCUT2D eigenvalue weighted by Gasteiger charge is 2.36. The summed E-state index contributed by atoms with van der Waals surface area (Å²) >= 11 is 0. The molecular weight excluding hydrogens is 226 g/mol. The fourth-order valence-corrected chi connectivity index (χ4v) is 3.10. The summed E-state index contributed by atoms with van der Waals surface area (Å²) in [6, 6.07) is 0. The van der Waals surface area contributed by atoms with Gasteiger partial charge >= 0.3 is 0 Å². The Bertz CT molecular complexity index is 432. The zero-order chi connectivity index (χ0) is 13.1. The summed E-state index contributed by atoms with van der Waals surface area (Å²) in [5.41, 5.74) is 2.63. The van der Waals surface area contributed by atoms with Gasteiger partial charge in [0.2, 0.25) is 11.7 Å². The molecule has 2 aliphatic rings. The van der Waals surface area contributed by atoms with Crippen LogP contribution in [0.1, 0.15) is 52.4 Å². The largest absolute Gasteiger partial charge is 0.323 e. The monoisotopic (exact) mass is 247 g/mol. The first-order valence-corrected chi connectivity index (χ1v) is 6.86. The molecule has 1 fully saturated rings. The Kier molecular flexibility index (Phi) is 4.00. The van der Waals surface area contributed by atoms with Crippen LogP contribution in [-0.4, -0.2) is 11.7 Å². The third kappa shape index (κ3) is 2.40. The van der Waals surface area contributed by atoms with Crippen molar-refractivity contribution in [2.75, 3.05) is 0 Å². The number of fused-ring (bicyclic) bond motifs is 1. The molecule has 1 unspecified atom stereocenters. The third-order valence-corrected chi connectivity index (χ3v) is 3.91. The minimum Gasteiger partial charge on any atom is -0.323 e. The maximum atomic E-state index is 12.3. The van der Waals surface area contributed by atoms with Crippen LogP contribution in [0.25, 0.3) is 0 Å². The van der Waals surface area contributed by atoms with Gasteiger partial charge in [-0.2, -0.15) is 0 Å². The van der Waals surface area contributed by atoms with Crippen molar-refractivity contribution in [3.8, 4) is 0 Å². The predicted molar refractivity (Wildman–Crippen MR) is 70.8 cm³/mol. The van der Waals surface area contributed by atoms with Gasteiger partial charge in [0.1, 0.15) is 0 Å². The lowest BCUT2D eigenvalue weighted by molar-refractivity contribution is -0.120. The van der Waals surface area contributed by atoms with Crippen LogP contribution in [0.2, 0.25) is 0 Å². The van der Waals surface area contributed by atoms with E-state index in [1.54, 1.807) is 0 Å². The minimum atomic E-state index is -0.149. The van der Waals surface area contributed by atoms with Gasteiger partial charge in [0.05, 0.1) is 5.70 Å². The molecule has 1 saturated carbocycles. The fraction of sp³-hybridized carbons (Fsp3) is 0.600. The molecule has 98 valence electrons. The summed E-state index contributed by atoms with van der Waals surface area (Å²) in [5.74, 6) is 0.142. The highest BCUT2D eigenvalue weighted by Crippen LogP contribution is 2.40. The summed E-state index contributed by atoms with van der Waals surface area (Å²) < 4.78 is 0. The van der Waals surface area contributed by atoms with E-state index in [0.29, 0.717) is 5.70 Å². The molecule has 0 saturated heterocycles. The van der Waals surface area contributed by atoms with Crippen molar-refractivity contribution >= 4 is 11.7 Å². The van der Waals surface area contributed by atoms with Gasteiger partial charge in [-0.25, -0.2) is 0 Å². The molecule has 3 heteroatoms. The van der Waals surface area contributed by atoms with E-state index < -0.39 is 0 Å². The average Bonchev–Trinajstić information content (AvgIpc) is 2.51. The molecule has 2 aliphatic carbocycles. The summed E-state index contributed by atoms with van der Waals surface area (Å²) in [6.45, 7) is 3.38. The Hall–Kier alpha value is -1.38. The zero-order valence-corrected chi connectivity index (χ0v) is 11.2. The number of allylic oxidation sites excluding steroid dienone is 3. The normalized spacial score (nSPS) is 26.9. The van der Waals surface area contributed by atoms with Crippen molar-refractivity contribution in [2.45, 2.75) is 52.4 Å². The lowest BCUT2D eigenvalue weighted by atomic mass is 9.85. The van der Waals surface area contributed by atoms with Crippen LogP contribution in [0.3, 0.4) is 0 Å². The number of hydrogen-bond donors (Lipinski definition) is 1. The molecule has 1 atom stereocenters. The van der Waals surface area contributed by atoms with Gasteiger partial charge in [-0.1, -0.05) is 25.3 Å². The molecule has 0 aromatic carbocycles. The predicted octanol–water partition coefficient (Wildman–Crippen LogP) is 2.88. The first-order chi connectivity index (χ1) is 8.65. The maximum absolute atomic E-state index is 12.3. The summed E-state index contributed by atoms with van der Waals surface area (Å²) in [4.78, 5) is 23.6. The fourth-order valence-electron chi connectivity index (χ4n) is 3.10. The highest BCUT2D eigenvalue weighted by molar-refractivity contribution is 6.13. The van der Waals surface area contributed by atoms with E-state index in [-0.39, 0.29) is 17.6 Å². The van der Waals surface area contributed by atoms with Crippen molar-refractivity contribution in [3.63, 3.8) is 0 Å². The zero-order valence-electron chi connectivity index (χ0n) is 11.2.